The number of amides is 1. The highest BCUT2D eigenvalue weighted by Crippen LogP contribution is 2.17. The Bertz CT molecular complexity index is 840. The predicted molar refractivity (Wildman–Crippen MR) is 88.3 cm³/mol. The van der Waals surface area contributed by atoms with Crippen LogP contribution in [0.4, 0.5) is 14.5 Å². The molecule has 0 atom stereocenters. The summed E-state index contributed by atoms with van der Waals surface area (Å²) >= 11 is 0. The molecule has 0 saturated carbocycles. The number of ketones is 1. The Labute approximate surface area is 143 Å². The second-order valence-electron chi connectivity index (χ2n) is 5.21. The molecule has 0 aliphatic carbocycles. The molecule has 5 nitrogen and oxygen atoms in total. The SMILES string of the molecule is CC(=O)c1ccc(C#N)c(NCCNC(=O)c2c(F)cccc2F)c1. The second-order valence-corrected chi connectivity index (χ2v) is 5.21. The van der Waals surface area contributed by atoms with Gasteiger partial charge >= 0.3 is 0 Å². The highest BCUT2D eigenvalue weighted by Gasteiger charge is 2.16. The highest BCUT2D eigenvalue weighted by atomic mass is 19.1. The van der Waals surface area contributed by atoms with Crippen molar-refractivity contribution in [1.29, 1.82) is 5.26 Å². The number of Topliss-reactive ketones (excluding diaryl/α,β-unsaturated/α-hetero) is 1. The first-order valence-electron chi connectivity index (χ1n) is 7.45. The van der Waals surface area contributed by atoms with Crippen molar-refractivity contribution >= 4 is 17.4 Å². The predicted octanol–water partition coefficient (Wildman–Crippen LogP) is 2.88. The number of rotatable bonds is 6. The summed E-state index contributed by atoms with van der Waals surface area (Å²) in [6.45, 7) is 1.69. The van der Waals surface area contributed by atoms with Crippen molar-refractivity contribution in [2.75, 3.05) is 18.4 Å². The monoisotopic (exact) mass is 343 g/mol. The van der Waals surface area contributed by atoms with Crippen LogP contribution >= 0.6 is 0 Å². The lowest BCUT2D eigenvalue weighted by Gasteiger charge is -2.11. The summed E-state index contributed by atoms with van der Waals surface area (Å²) < 4.78 is 27.0. The number of hydrogen-bond acceptors (Lipinski definition) is 4. The van der Waals surface area contributed by atoms with Crippen molar-refractivity contribution in [3.63, 3.8) is 0 Å². The van der Waals surface area contributed by atoms with Crippen LogP contribution in [-0.2, 0) is 0 Å². The van der Waals surface area contributed by atoms with E-state index in [2.05, 4.69) is 10.6 Å². The van der Waals surface area contributed by atoms with Gasteiger partial charge in [0.25, 0.3) is 5.91 Å². The van der Waals surface area contributed by atoms with E-state index in [4.69, 9.17) is 5.26 Å². The fourth-order valence-corrected chi connectivity index (χ4v) is 2.18. The average Bonchev–Trinajstić information content (AvgIpc) is 2.58. The molecular weight excluding hydrogens is 328 g/mol. The number of halogens is 2. The van der Waals surface area contributed by atoms with Crippen LogP contribution in [0.1, 0.15) is 33.2 Å². The van der Waals surface area contributed by atoms with Gasteiger partial charge in [-0.25, -0.2) is 8.78 Å². The molecule has 2 aromatic carbocycles. The van der Waals surface area contributed by atoms with Crippen molar-refractivity contribution in [2.45, 2.75) is 6.92 Å². The largest absolute Gasteiger partial charge is 0.382 e. The van der Waals surface area contributed by atoms with Crippen LogP contribution < -0.4 is 10.6 Å². The van der Waals surface area contributed by atoms with Gasteiger partial charge in [0, 0.05) is 18.7 Å². The van der Waals surface area contributed by atoms with Gasteiger partial charge in [-0.1, -0.05) is 6.07 Å². The third-order valence-corrected chi connectivity index (χ3v) is 3.46. The fraction of sp³-hybridized carbons (Fsp3) is 0.167. The smallest absolute Gasteiger partial charge is 0.257 e. The number of anilines is 1. The zero-order chi connectivity index (χ0) is 18.4. The lowest BCUT2D eigenvalue weighted by molar-refractivity contribution is 0.0945. The molecule has 2 N–H and O–H groups in total. The van der Waals surface area contributed by atoms with Crippen molar-refractivity contribution in [3.05, 3.63) is 64.7 Å². The molecule has 2 aromatic rings. The molecule has 0 unspecified atom stereocenters. The number of carbonyl (C=O) groups excluding carboxylic acids is 2. The molecule has 128 valence electrons. The van der Waals surface area contributed by atoms with Gasteiger partial charge in [-0.05, 0) is 37.3 Å². The summed E-state index contributed by atoms with van der Waals surface area (Å²) in [5, 5.41) is 14.4. The zero-order valence-corrected chi connectivity index (χ0v) is 13.4. The maximum Gasteiger partial charge on any atom is 0.257 e. The summed E-state index contributed by atoms with van der Waals surface area (Å²) in [5.41, 5.74) is 0.593. The lowest BCUT2D eigenvalue weighted by Crippen LogP contribution is -2.30. The van der Waals surface area contributed by atoms with Gasteiger partial charge < -0.3 is 10.6 Å². The molecule has 2 rings (SSSR count). The van der Waals surface area contributed by atoms with Crippen molar-refractivity contribution < 1.29 is 18.4 Å². The molecule has 0 radical (unpaired) electrons. The molecular formula is C18H15F2N3O2. The molecule has 0 aliphatic heterocycles. The summed E-state index contributed by atoms with van der Waals surface area (Å²) in [4.78, 5) is 23.2. The van der Waals surface area contributed by atoms with E-state index in [-0.39, 0.29) is 18.9 Å². The highest BCUT2D eigenvalue weighted by molar-refractivity contribution is 5.95. The number of nitriles is 1. The minimum absolute atomic E-state index is 0.0712. The Morgan fingerprint density at radius 1 is 1.12 bits per heavy atom. The first-order valence-corrected chi connectivity index (χ1v) is 7.45. The van der Waals surface area contributed by atoms with Crippen LogP contribution in [0.3, 0.4) is 0 Å². The van der Waals surface area contributed by atoms with Gasteiger partial charge in [0.05, 0.1) is 11.3 Å². The molecule has 0 aromatic heterocycles. The van der Waals surface area contributed by atoms with Gasteiger partial charge in [-0.3, -0.25) is 9.59 Å². The Morgan fingerprint density at radius 3 is 2.40 bits per heavy atom. The van der Waals surface area contributed by atoms with Crippen molar-refractivity contribution in [2.24, 2.45) is 0 Å². The molecule has 0 saturated heterocycles. The Balaban J connectivity index is 1.98. The summed E-state index contributed by atoms with van der Waals surface area (Å²) in [7, 11) is 0. The standard InChI is InChI=1S/C18H15F2N3O2/c1-11(24)12-5-6-13(10-21)16(9-12)22-7-8-23-18(25)17-14(19)3-2-4-15(17)20/h2-6,9,22H,7-8H2,1H3,(H,23,25). The third kappa shape index (κ3) is 4.38. The molecule has 25 heavy (non-hydrogen) atoms. The molecule has 1 amide bonds. The van der Waals surface area contributed by atoms with E-state index in [9.17, 15) is 18.4 Å². The Hall–Kier alpha value is -3.27. The molecule has 0 spiro atoms. The van der Waals surface area contributed by atoms with E-state index in [0.717, 1.165) is 12.1 Å². The lowest BCUT2D eigenvalue weighted by atomic mass is 10.1. The normalized spacial score (nSPS) is 10.0. The quantitative estimate of drug-likeness (QED) is 0.624. The maximum atomic E-state index is 13.5. The third-order valence-electron chi connectivity index (χ3n) is 3.46. The molecule has 7 heteroatoms. The van der Waals surface area contributed by atoms with E-state index >= 15 is 0 Å². The summed E-state index contributed by atoms with van der Waals surface area (Å²) in [5.74, 6) is -2.89. The molecule has 0 heterocycles. The first-order chi connectivity index (χ1) is 11.9. The summed E-state index contributed by atoms with van der Waals surface area (Å²) in [6, 6.07) is 9.78. The Morgan fingerprint density at radius 2 is 1.80 bits per heavy atom. The minimum atomic E-state index is -0.939. The van der Waals surface area contributed by atoms with Crippen LogP contribution in [-0.4, -0.2) is 24.8 Å². The van der Waals surface area contributed by atoms with Crippen LogP contribution in [0.25, 0.3) is 0 Å². The topological polar surface area (TPSA) is 82.0 Å². The van der Waals surface area contributed by atoms with Gasteiger partial charge in [-0.2, -0.15) is 5.26 Å². The number of nitrogens with one attached hydrogen (secondary N) is 2. The van der Waals surface area contributed by atoms with Crippen LogP contribution in [0.2, 0.25) is 0 Å². The fourth-order valence-electron chi connectivity index (χ4n) is 2.18. The average molecular weight is 343 g/mol. The number of carbonyl (C=O) groups is 2. The maximum absolute atomic E-state index is 13.5. The number of nitrogens with zero attached hydrogens (tertiary/aromatic N) is 1. The van der Waals surface area contributed by atoms with E-state index in [1.54, 1.807) is 12.1 Å². The minimum Gasteiger partial charge on any atom is -0.382 e. The van der Waals surface area contributed by atoms with E-state index in [1.165, 1.54) is 19.1 Å². The van der Waals surface area contributed by atoms with Crippen molar-refractivity contribution in [1.82, 2.24) is 5.32 Å². The van der Waals surface area contributed by atoms with Gasteiger partial charge in [-0.15, -0.1) is 0 Å². The van der Waals surface area contributed by atoms with E-state index in [0.29, 0.717) is 16.8 Å². The van der Waals surface area contributed by atoms with Crippen LogP contribution in [0.15, 0.2) is 36.4 Å². The van der Waals surface area contributed by atoms with E-state index < -0.39 is 23.1 Å². The van der Waals surface area contributed by atoms with Gasteiger partial charge in [0.2, 0.25) is 0 Å². The van der Waals surface area contributed by atoms with Crippen LogP contribution in [0, 0.1) is 23.0 Å². The van der Waals surface area contributed by atoms with Gasteiger partial charge in [0.15, 0.2) is 5.78 Å². The number of benzene rings is 2. The molecule has 0 aliphatic rings. The first kappa shape index (κ1) is 18.1. The zero-order valence-electron chi connectivity index (χ0n) is 13.4. The van der Waals surface area contributed by atoms with Crippen molar-refractivity contribution in [3.8, 4) is 6.07 Å². The molecule has 0 bridgehead atoms. The molecule has 0 fully saturated rings. The number of hydrogen-bond donors (Lipinski definition) is 2. The van der Waals surface area contributed by atoms with E-state index in [1.807, 2.05) is 6.07 Å². The Kier molecular flexibility index (Phi) is 5.79. The van der Waals surface area contributed by atoms with Gasteiger partial charge in [0.1, 0.15) is 23.3 Å². The van der Waals surface area contributed by atoms with Crippen LogP contribution in [0.5, 0.6) is 0 Å². The second kappa shape index (κ2) is 8.02. The summed E-state index contributed by atoms with van der Waals surface area (Å²) in [6.07, 6.45) is 0.